The minimum atomic E-state index is -0.518. The molecule has 2 aromatic carbocycles. The second-order valence-corrected chi connectivity index (χ2v) is 8.13. The van der Waals surface area contributed by atoms with Crippen LogP contribution in [-0.4, -0.2) is 23.3 Å². The van der Waals surface area contributed by atoms with Gasteiger partial charge >= 0.3 is 0 Å². The van der Waals surface area contributed by atoms with E-state index >= 15 is 0 Å². The van der Waals surface area contributed by atoms with E-state index < -0.39 is 5.91 Å². The normalized spacial score (nSPS) is 15.6. The summed E-state index contributed by atoms with van der Waals surface area (Å²) in [6, 6.07) is 17.5. The van der Waals surface area contributed by atoms with Gasteiger partial charge in [0.25, 0.3) is 11.8 Å². The summed E-state index contributed by atoms with van der Waals surface area (Å²) in [6.07, 6.45) is 1.72. The molecular formula is C26H26N2O3. The van der Waals surface area contributed by atoms with E-state index in [1.54, 1.807) is 13.0 Å². The number of nitrogens with zero attached hydrogens (tertiary/aromatic N) is 2. The second-order valence-electron chi connectivity index (χ2n) is 8.13. The standard InChI is InChI=1S/C26H26N2O3/c1-17(2)15-28-25(29)23(19(4)24(14-27)26(28)30)13-20-9-11-22(12-10-20)31-16-21-7-5-18(3)6-8-21/h5-13,17H,15-16H2,1-4H3/b23-13+. The first kappa shape index (κ1) is 22.0. The Hall–Kier alpha value is -3.65. The third-order valence-electron chi connectivity index (χ3n) is 5.09. The molecule has 0 spiro atoms. The summed E-state index contributed by atoms with van der Waals surface area (Å²) in [5, 5.41) is 9.45. The number of ether oxygens (including phenoxy) is 1. The SMILES string of the molecule is CC1=C(C#N)C(=O)N(CC(C)C)C(=O)/C1=C/c1ccc(OCc2ccc(C)cc2)cc1. The van der Waals surface area contributed by atoms with Crippen LogP contribution in [0.5, 0.6) is 5.75 Å². The van der Waals surface area contributed by atoms with Crippen LogP contribution in [0.4, 0.5) is 0 Å². The third kappa shape index (κ3) is 5.10. The van der Waals surface area contributed by atoms with Gasteiger partial charge in [-0.1, -0.05) is 55.8 Å². The van der Waals surface area contributed by atoms with Crippen molar-refractivity contribution < 1.29 is 14.3 Å². The van der Waals surface area contributed by atoms with Crippen LogP contribution in [0, 0.1) is 24.2 Å². The van der Waals surface area contributed by atoms with E-state index in [1.807, 2.05) is 75.4 Å². The zero-order valence-corrected chi connectivity index (χ0v) is 18.3. The first-order valence-corrected chi connectivity index (χ1v) is 10.3. The van der Waals surface area contributed by atoms with Gasteiger partial charge in [-0.2, -0.15) is 5.26 Å². The highest BCUT2D eigenvalue weighted by Gasteiger charge is 2.35. The molecule has 2 amide bonds. The Bertz CT molecular complexity index is 1080. The van der Waals surface area contributed by atoms with Gasteiger partial charge < -0.3 is 4.74 Å². The number of rotatable bonds is 6. The number of amides is 2. The van der Waals surface area contributed by atoms with Gasteiger partial charge in [0.1, 0.15) is 24.0 Å². The molecule has 0 atom stereocenters. The Labute approximate surface area is 183 Å². The second kappa shape index (κ2) is 9.44. The zero-order valence-electron chi connectivity index (χ0n) is 18.3. The van der Waals surface area contributed by atoms with Crippen molar-refractivity contribution in [3.8, 4) is 11.8 Å². The highest BCUT2D eigenvalue weighted by atomic mass is 16.5. The quantitative estimate of drug-likeness (QED) is 0.502. The van der Waals surface area contributed by atoms with Crippen LogP contribution in [0.2, 0.25) is 0 Å². The van der Waals surface area contributed by atoms with Crippen molar-refractivity contribution in [2.75, 3.05) is 6.54 Å². The first-order chi connectivity index (χ1) is 14.8. The Morgan fingerprint density at radius 1 is 1.00 bits per heavy atom. The average molecular weight is 415 g/mol. The van der Waals surface area contributed by atoms with Gasteiger partial charge in [0, 0.05) is 12.1 Å². The average Bonchev–Trinajstić information content (AvgIpc) is 2.75. The number of hydrogen-bond acceptors (Lipinski definition) is 4. The number of nitriles is 1. The van der Waals surface area contributed by atoms with E-state index in [2.05, 4.69) is 0 Å². The molecule has 0 N–H and O–H groups in total. The van der Waals surface area contributed by atoms with Gasteiger partial charge in [-0.25, -0.2) is 0 Å². The zero-order chi connectivity index (χ0) is 22.5. The Morgan fingerprint density at radius 2 is 1.65 bits per heavy atom. The Kier molecular flexibility index (Phi) is 6.71. The van der Waals surface area contributed by atoms with Crippen LogP contribution >= 0.6 is 0 Å². The lowest BCUT2D eigenvalue weighted by atomic mass is 9.93. The third-order valence-corrected chi connectivity index (χ3v) is 5.09. The molecule has 5 nitrogen and oxygen atoms in total. The van der Waals surface area contributed by atoms with E-state index in [0.29, 0.717) is 17.8 Å². The molecular weight excluding hydrogens is 388 g/mol. The number of benzene rings is 2. The lowest BCUT2D eigenvalue weighted by Gasteiger charge is -2.28. The smallest absolute Gasteiger partial charge is 0.271 e. The van der Waals surface area contributed by atoms with Gasteiger partial charge in [0.05, 0.1) is 0 Å². The molecule has 0 saturated heterocycles. The summed E-state index contributed by atoms with van der Waals surface area (Å²) in [5.74, 6) is -0.0534. The minimum absolute atomic E-state index is 0.0181. The molecule has 31 heavy (non-hydrogen) atoms. The van der Waals surface area contributed by atoms with E-state index in [1.165, 1.54) is 10.5 Å². The number of carbonyl (C=O) groups is 2. The molecule has 5 heteroatoms. The van der Waals surface area contributed by atoms with Crippen LogP contribution in [0.3, 0.4) is 0 Å². The lowest BCUT2D eigenvalue weighted by molar-refractivity contribution is -0.141. The number of imide groups is 1. The fourth-order valence-corrected chi connectivity index (χ4v) is 3.34. The van der Waals surface area contributed by atoms with Crippen LogP contribution in [-0.2, 0) is 16.2 Å². The van der Waals surface area contributed by atoms with Crippen LogP contribution in [0.1, 0.15) is 37.5 Å². The Morgan fingerprint density at radius 3 is 2.23 bits per heavy atom. The molecule has 0 fully saturated rings. The molecule has 0 aromatic heterocycles. The van der Waals surface area contributed by atoms with E-state index in [9.17, 15) is 14.9 Å². The highest BCUT2D eigenvalue weighted by Crippen LogP contribution is 2.28. The van der Waals surface area contributed by atoms with Crippen LogP contribution < -0.4 is 4.74 Å². The van der Waals surface area contributed by atoms with Crippen LogP contribution in [0.25, 0.3) is 6.08 Å². The largest absolute Gasteiger partial charge is 0.489 e. The summed E-state index contributed by atoms with van der Waals surface area (Å²) >= 11 is 0. The van der Waals surface area contributed by atoms with E-state index in [-0.39, 0.29) is 23.9 Å². The topological polar surface area (TPSA) is 70.4 Å². The van der Waals surface area contributed by atoms with Gasteiger partial charge in [-0.15, -0.1) is 0 Å². The Balaban J connectivity index is 1.81. The fraction of sp³-hybridized carbons (Fsp3) is 0.269. The molecule has 1 heterocycles. The molecule has 0 saturated carbocycles. The van der Waals surface area contributed by atoms with Crippen molar-refractivity contribution in [3.05, 3.63) is 81.9 Å². The van der Waals surface area contributed by atoms with Crippen molar-refractivity contribution in [2.45, 2.75) is 34.3 Å². The van der Waals surface area contributed by atoms with Crippen molar-refractivity contribution in [1.29, 1.82) is 5.26 Å². The summed E-state index contributed by atoms with van der Waals surface area (Å²) in [7, 11) is 0. The molecule has 3 rings (SSSR count). The summed E-state index contributed by atoms with van der Waals surface area (Å²) < 4.78 is 5.84. The highest BCUT2D eigenvalue weighted by molar-refractivity contribution is 6.19. The molecule has 0 bridgehead atoms. The van der Waals surface area contributed by atoms with Crippen molar-refractivity contribution >= 4 is 17.9 Å². The van der Waals surface area contributed by atoms with Gasteiger partial charge in [-0.3, -0.25) is 14.5 Å². The van der Waals surface area contributed by atoms with E-state index in [0.717, 1.165) is 16.9 Å². The monoisotopic (exact) mass is 414 g/mol. The van der Waals surface area contributed by atoms with Gasteiger partial charge in [-0.05, 0) is 54.7 Å². The summed E-state index contributed by atoms with van der Waals surface area (Å²) in [4.78, 5) is 26.7. The number of hydrogen-bond donors (Lipinski definition) is 0. The van der Waals surface area contributed by atoms with E-state index in [4.69, 9.17) is 4.74 Å². The molecule has 0 unspecified atom stereocenters. The first-order valence-electron chi connectivity index (χ1n) is 10.3. The summed E-state index contributed by atoms with van der Waals surface area (Å²) in [5.41, 5.74) is 3.88. The molecule has 1 aliphatic rings. The lowest BCUT2D eigenvalue weighted by Crippen LogP contribution is -2.44. The fourth-order valence-electron chi connectivity index (χ4n) is 3.34. The number of aryl methyl sites for hydroxylation is 1. The maximum atomic E-state index is 13.0. The predicted octanol–water partition coefficient (Wildman–Crippen LogP) is 4.82. The molecule has 1 aliphatic heterocycles. The van der Waals surface area contributed by atoms with Crippen molar-refractivity contribution in [1.82, 2.24) is 4.90 Å². The van der Waals surface area contributed by atoms with Gasteiger partial charge in [0.15, 0.2) is 0 Å². The maximum Gasteiger partial charge on any atom is 0.271 e. The molecule has 2 aromatic rings. The predicted molar refractivity (Wildman–Crippen MR) is 120 cm³/mol. The minimum Gasteiger partial charge on any atom is -0.489 e. The van der Waals surface area contributed by atoms with Gasteiger partial charge in [0.2, 0.25) is 0 Å². The molecule has 158 valence electrons. The molecule has 0 aliphatic carbocycles. The molecule has 0 radical (unpaired) electrons. The van der Waals surface area contributed by atoms with Crippen molar-refractivity contribution in [3.63, 3.8) is 0 Å². The number of carbonyl (C=O) groups excluding carboxylic acids is 2. The van der Waals surface area contributed by atoms with Crippen molar-refractivity contribution in [2.24, 2.45) is 5.92 Å². The maximum absolute atomic E-state index is 13.0. The summed E-state index contributed by atoms with van der Waals surface area (Å²) in [6.45, 7) is 8.29. The van der Waals surface area contributed by atoms with Crippen LogP contribution in [0.15, 0.2) is 65.3 Å².